The van der Waals surface area contributed by atoms with Crippen LogP contribution in [0.3, 0.4) is 0 Å². The highest BCUT2D eigenvalue weighted by Crippen LogP contribution is 2.28. The molecule has 0 spiro atoms. The average Bonchev–Trinajstić information content (AvgIpc) is 2.79. The van der Waals surface area contributed by atoms with Gasteiger partial charge in [0.05, 0.1) is 5.52 Å². The van der Waals surface area contributed by atoms with Crippen molar-refractivity contribution in [3.63, 3.8) is 0 Å². The molecule has 1 atom stereocenters. The third-order valence-corrected chi connectivity index (χ3v) is 5.03. The van der Waals surface area contributed by atoms with Crippen molar-refractivity contribution in [1.29, 1.82) is 0 Å². The van der Waals surface area contributed by atoms with Gasteiger partial charge in [-0.05, 0) is 23.3 Å². The van der Waals surface area contributed by atoms with Gasteiger partial charge in [-0.25, -0.2) is 9.78 Å². The van der Waals surface area contributed by atoms with Crippen molar-refractivity contribution < 1.29 is 14.7 Å². The summed E-state index contributed by atoms with van der Waals surface area (Å²) in [4.78, 5) is 29.6. The van der Waals surface area contributed by atoms with Crippen LogP contribution in [0.4, 0.5) is 0 Å². The van der Waals surface area contributed by atoms with E-state index in [9.17, 15) is 14.7 Å². The smallest absolute Gasteiger partial charge is 0.327 e. The number of aliphatic carboxylic acids is 1. The van der Waals surface area contributed by atoms with E-state index in [1.165, 1.54) is 0 Å². The summed E-state index contributed by atoms with van der Waals surface area (Å²) in [6.45, 7) is 0. The zero-order valence-corrected chi connectivity index (χ0v) is 16.1. The van der Waals surface area contributed by atoms with Crippen LogP contribution in [0, 0.1) is 0 Å². The van der Waals surface area contributed by atoms with E-state index < -0.39 is 23.8 Å². The molecule has 0 radical (unpaired) electrons. The van der Waals surface area contributed by atoms with E-state index in [0.29, 0.717) is 5.52 Å². The van der Waals surface area contributed by atoms with Crippen LogP contribution < -0.4 is 5.32 Å². The number of nitrogens with zero attached hydrogens (tertiary/aromatic N) is 1. The Bertz CT molecular complexity index is 1140. The standard InChI is InChI=1S/C25H20N2O3/c28-24(21-16-15-17-9-7-8-14-20(17)26-21)27-23(25(29)30)22(18-10-3-1-4-11-18)19-12-5-2-6-13-19/h1-16,22-23H,(H,27,28)(H,29,30)/t23-/m0/s1. The second-order valence-corrected chi connectivity index (χ2v) is 6.98. The maximum atomic E-state index is 12.9. The number of carbonyl (C=O) groups excluding carboxylic acids is 1. The zero-order chi connectivity index (χ0) is 20.9. The molecular weight excluding hydrogens is 376 g/mol. The van der Waals surface area contributed by atoms with Crippen molar-refractivity contribution >= 4 is 22.8 Å². The number of carbonyl (C=O) groups is 2. The number of carboxylic acid groups (broad SMARTS) is 1. The Morgan fingerprint density at radius 3 is 1.90 bits per heavy atom. The van der Waals surface area contributed by atoms with E-state index in [2.05, 4.69) is 10.3 Å². The fourth-order valence-electron chi connectivity index (χ4n) is 3.59. The SMILES string of the molecule is O=C(N[C@H](C(=O)O)C(c1ccccc1)c1ccccc1)c1ccc2ccccc2n1. The van der Waals surface area contributed by atoms with Gasteiger partial charge in [0.15, 0.2) is 0 Å². The van der Waals surface area contributed by atoms with Crippen molar-refractivity contribution in [2.75, 3.05) is 0 Å². The van der Waals surface area contributed by atoms with E-state index in [0.717, 1.165) is 16.5 Å². The molecule has 5 nitrogen and oxygen atoms in total. The van der Waals surface area contributed by atoms with Crippen LogP contribution in [-0.2, 0) is 4.79 Å². The molecule has 4 rings (SSSR count). The van der Waals surface area contributed by atoms with Gasteiger partial charge >= 0.3 is 5.97 Å². The van der Waals surface area contributed by atoms with Crippen LogP contribution in [0.25, 0.3) is 10.9 Å². The van der Waals surface area contributed by atoms with Gasteiger partial charge in [-0.3, -0.25) is 4.79 Å². The van der Waals surface area contributed by atoms with Gasteiger partial charge < -0.3 is 10.4 Å². The number of rotatable bonds is 6. The van der Waals surface area contributed by atoms with Crippen LogP contribution in [0.1, 0.15) is 27.5 Å². The Morgan fingerprint density at radius 2 is 1.30 bits per heavy atom. The Balaban J connectivity index is 1.70. The molecule has 30 heavy (non-hydrogen) atoms. The molecule has 1 heterocycles. The summed E-state index contributed by atoms with van der Waals surface area (Å²) in [6.07, 6.45) is 0. The number of carboxylic acids is 1. The topological polar surface area (TPSA) is 79.3 Å². The number of nitrogens with one attached hydrogen (secondary N) is 1. The van der Waals surface area contributed by atoms with Crippen molar-refractivity contribution in [3.8, 4) is 0 Å². The van der Waals surface area contributed by atoms with Gasteiger partial charge in [-0.1, -0.05) is 84.9 Å². The number of amides is 1. The quantitative estimate of drug-likeness (QED) is 0.511. The molecule has 0 saturated heterocycles. The van der Waals surface area contributed by atoms with Crippen molar-refractivity contribution in [2.24, 2.45) is 0 Å². The Labute approximate surface area is 174 Å². The van der Waals surface area contributed by atoms with E-state index >= 15 is 0 Å². The lowest BCUT2D eigenvalue weighted by Gasteiger charge is -2.26. The number of fused-ring (bicyclic) bond motifs is 1. The predicted molar refractivity (Wildman–Crippen MR) is 115 cm³/mol. The molecule has 0 unspecified atom stereocenters. The summed E-state index contributed by atoms with van der Waals surface area (Å²) < 4.78 is 0. The fraction of sp³-hybridized carbons (Fsp3) is 0.0800. The molecule has 4 aromatic rings. The molecule has 0 aliphatic rings. The van der Waals surface area contributed by atoms with Gasteiger partial charge in [-0.15, -0.1) is 0 Å². The highest BCUT2D eigenvalue weighted by Gasteiger charge is 2.32. The van der Waals surface area contributed by atoms with Crippen LogP contribution in [0.15, 0.2) is 97.1 Å². The van der Waals surface area contributed by atoms with Crippen LogP contribution >= 0.6 is 0 Å². The molecule has 2 N–H and O–H groups in total. The van der Waals surface area contributed by atoms with E-state index in [1.807, 2.05) is 84.9 Å². The normalized spacial score (nSPS) is 11.9. The molecule has 0 aliphatic heterocycles. The lowest BCUT2D eigenvalue weighted by molar-refractivity contribution is -0.139. The number of hydrogen-bond donors (Lipinski definition) is 2. The summed E-state index contributed by atoms with van der Waals surface area (Å²) in [5.41, 5.74) is 2.48. The van der Waals surface area contributed by atoms with E-state index in [4.69, 9.17) is 0 Å². The van der Waals surface area contributed by atoms with E-state index in [1.54, 1.807) is 12.1 Å². The summed E-state index contributed by atoms with van der Waals surface area (Å²) in [5.74, 6) is -2.18. The largest absolute Gasteiger partial charge is 0.480 e. The first kappa shape index (κ1) is 19.3. The van der Waals surface area contributed by atoms with Gasteiger partial charge in [0, 0.05) is 11.3 Å². The summed E-state index contributed by atoms with van der Waals surface area (Å²) >= 11 is 0. The molecular formula is C25H20N2O3. The second-order valence-electron chi connectivity index (χ2n) is 6.98. The molecule has 1 amide bonds. The van der Waals surface area contributed by atoms with Crippen LogP contribution in [0.2, 0.25) is 0 Å². The summed E-state index contributed by atoms with van der Waals surface area (Å²) in [7, 11) is 0. The Morgan fingerprint density at radius 1 is 0.733 bits per heavy atom. The molecule has 148 valence electrons. The van der Waals surface area contributed by atoms with Gasteiger partial charge in [-0.2, -0.15) is 0 Å². The Hall–Kier alpha value is -3.99. The number of para-hydroxylation sites is 1. The molecule has 0 saturated carbocycles. The molecule has 3 aromatic carbocycles. The number of hydrogen-bond acceptors (Lipinski definition) is 3. The maximum absolute atomic E-state index is 12.9. The first-order valence-electron chi connectivity index (χ1n) is 9.63. The van der Waals surface area contributed by atoms with Crippen LogP contribution in [0.5, 0.6) is 0 Å². The van der Waals surface area contributed by atoms with Crippen molar-refractivity contribution in [1.82, 2.24) is 10.3 Å². The van der Waals surface area contributed by atoms with Crippen molar-refractivity contribution in [2.45, 2.75) is 12.0 Å². The molecule has 1 aromatic heterocycles. The maximum Gasteiger partial charge on any atom is 0.327 e. The van der Waals surface area contributed by atoms with Gasteiger partial charge in [0.1, 0.15) is 11.7 Å². The molecule has 0 aliphatic carbocycles. The minimum absolute atomic E-state index is 0.180. The minimum atomic E-state index is -1.16. The predicted octanol–water partition coefficient (Wildman–Crippen LogP) is 4.25. The Kier molecular flexibility index (Phi) is 5.52. The first-order chi connectivity index (χ1) is 14.6. The monoisotopic (exact) mass is 396 g/mol. The number of pyridine rings is 1. The highest BCUT2D eigenvalue weighted by atomic mass is 16.4. The first-order valence-corrected chi connectivity index (χ1v) is 9.63. The highest BCUT2D eigenvalue weighted by molar-refractivity contribution is 5.97. The molecule has 0 fully saturated rings. The molecule has 0 bridgehead atoms. The van der Waals surface area contributed by atoms with Gasteiger partial charge in [0.25, 0.3) is 5.91 Å². The third-order valence-electron chi connectivity index (χ3n) is 5.03. The molecule has 5 heteroatoms. The number of aromatic nitrogens is 1. The minimum Gasteiger partial charge on any atom is -0.480 e. The third kappa shape index (κ3) is 4.05. The summed E-state index contributed by atoms with van der Waals surface area (Å²) in [6, 6.07) is 28.4. The fourth-order valence-corrected chi connectivity index (χ4v) is 3.59. The lowest BCUT2D eigenvalue weighted by atomic mass is 9.85. The van der Waals surface area contributed by atoms with Gasteiger partial charge in [0.2, 0.25) is 0 Å². The summed E-state index contributed by atoms with van der Waals surface area (Å²) in [5, 5.41) is 13.6. The average molecular weight is 396 g/mol. The second kappa shape index (κ2) is 8.57. The zero-order valence-electron chi connectivity index (χ0n) is 16.1. The van der Waals surface area contributed by atoms with Crippen LogP contribution in [-0.4, -0.2) is 28.0 Å². The van der Waals surface area contributed by atoms with Crippen molar-refractivity contribution in [3.05, 3.63) is 114 Å². The number of benzene rings is 3. The van der Waals surface area contributed by atoms with E-state index in [-0.39, 0.29) is 5.69 Å². The lowest BCUT2D eigenvalue weighted by Crippen LogP contribution is -2.45.